The van der Waals surface area contributed by atoms with Gasteiger partial charge in [-0.2, -0.15) is 0 Å². The van der Waals surface area contributed by atoms with Crippen molar-refractivity contribution in [2.75, 3.05) is 13.2 Å². The zero-order valence-electron chi connectivity index (χ0n) is 14.3. The van der Waals surface area contributed by atoms with Gasteiger partial charge in [-0.05, 0) is 27.7 Å². The summed E-state index contributed by atoms with van der Waals surface area (Å²) in [7, 11) is 0. The number of hydrogen-bond acceptors (Lipinski definition) is 5. The lowest BCUT2D eigenvalue weighted by Gasteiger charge is -2.30. The summed E-state index contributed by atoms with van der Waals surface area (Å²) in [5, 5.41) is 3.33. The van der Waals surface area contributed by atoms with Crippen molar-refractivity contribution in [3.8, 4) is 5.88 Å². The Hall–Kier alpha value is -1.20. The molecule has 120 valence electrons. The van der Waals surface area contributed by atoms with Crippen molar-refractivity contribution in [2.45, 2.75) is 66.2 Å². The number of aromatic nitrogens is 2. The third-order valence-corrected chi connectivity index (χ3v) is 3.28. The second-order valence-electron chi connectivity index (χ2n) is 6.16. The van der Waals surface area contributed by atoms with Gasteiger partial charge in [0, 0.05) is 37.4 Å². The molecule has 21 heavy (non-hydrogen) atoms. The van der Waals surface area contributed by atoms with Crippen molar-refractivity contribution in [3.05, 3.63) is 18.1 Å². The van der Waals surface area contributed by atoms with Crippen molar-refractivity contribution >= 4 is 0 Å². The molecule has 0 unspecified atom stereocenters. The monoisotopic (exact) mass is 294 g/mol. The smallest absolute Gasteiger partial charge is 0.232 e. The van der Waals surface area contributed by atoms with E-state index in [0.717, 1.165) is 12.2 Å². The molecule has 0 radical (unpaired) electrons. The van der Waals surface area contributed by atoms with E-state index in [1.165, 1.54) is 0 Å². The molecule has 0 aliphatic carbocycles. The normalized spacial score (nSPS) is 11.9. The Morgan fingerprint density at radius 2 is 1.76 bits per heavy atom. The van der Waals surface area contributed by atoms with Gasteiger partial charge < -0.3 is 10.1 Å². The van der Waals surface area contributed by atoms with Gasteiger partial charge in [-0.1, -0.05) is 13.8 Å². The van der Waals surface area contributed by atoms with Crippen molar-refractivity contribution in [1.29, 1.82) is 0 Å². The van der Waals surface area contributed by atoms with Crippen LogP contribution in [0.15, 0.2) is 12.4 Å². The molecule has 0 aliphatic rings. The van der Waals surface area contributed by atoms with Gasteiger partial charge in [-0.15, -0.1) is 0 Å². The molecule has 1 aromatic heterocycles. The van der Waals surface area contributed by atoms with Crippen LogP contribution in [-0.4, -0.2) is 46.1 Å². The van der Waals surface area contributed by atoms with Crippen LogP contribution in [0.4, 0.5) is 0 Å². The Morgan fingerprint density at radius 1 is 1.10 bits per heavy atom. The summed E-state index contributed by atoms with van der Waals surface area (Å²) in [5.41, 5.74) is 0.908. The highest BCUT2D eigenvalue weighted by molar-refractivity contribution is 5.08. The van der Waals surface area contributed by atoms with Gasteiger partial charge in [-0.25, -0.2) is 4.98 Å². The molecule has 0 aliphatic heterocycles. The number of hydrogen-bond donors (Lipinski definition) is 1. The van der Waals surface area contributed by atoms with E-state index in [2.05, 4.69) is 61.7 Å². The van der Waals surface area contributed by atoms with Gasteiger partial charge in [-0.3, -0.25) is 9.88 Å². The first-order chi connectivity index (χ1) is 9.90. The third kappa shape index (κ3) is 6.87. The fourth-order valence-electron chi connectivity index (χ4n) is 2.22. The summed E-state index contributed by atoms with van der Waals surface area (Å²) in [6, 6.07) is 1.46. The molecule has 5 heteroatoms. The van der Waals surface area contributed by atoms with Crippen LogP contribution >= 0.6 is 0 Å². The maximum absolute atomic E-state index is 5.74. The third-order valence-electron chi connectivity index (χ3n) is 3.28. The molecule has 5 nitrogen and oxygen atoms in total. The standard InChI is InChI=1S/C16H30N4O/c1-12(2)18-10-15-9-17-11-16(19-15)21-8-7-20(13(3)4)14(5)6/h9,11-14,18H,7-8,10H2,1-6H3. The topological polar surface area (TPSA) is 50.3 Å². The molecule has 0 aromatic carbocycles. The van der Waals surface area contributed by atoms with E-state index in [0.29, 0.717) is 37.2 Å². The minimum Gasteiger partial charge on any atom is -0.475 e. The average molecular weight is 294 g/mol. The van der Waals surface area contributed by atoms with Crippen molar-refractivity contribution in [2.24, 2.45) is 0 Å². The van der Waals surface area contributed by atoms with E-state index in [1.54, 1.807) is 12.4 Å². The van der Waals surface area contributed by atoms with E-state index < -0.39 is 0 Å². The highest BCUT2D eigenvalue weighted by atomic mass is 16.5. The molecular weight excluding hydrogens is 264 g/mol. The lowest BCUT2D eigenvalue weighted by atomic mass is 10.2. The largest absolute Gasteiger partial charge is 0.475 e. The summed E-state index contributed by atoms with van der Waals surface area (Å²) in [6.07, 6.45) is 3.45. The summed E-state index contributed by atoms with van der Waals surface area (Å²) < 4.78 is 5.74. The van der Waals surface area contributed by atoms with Gasteiger partial charge in [0.2, 0.25) is 5.88 Å². The van der Waals surface area contributed by atoms with Gasteiger partial charge in [0.25, 0.3) is 0 Å². The second kappa shape index (κ2) is 8.95. The van der Waals surface area contributed by atoms with Crippen molar-refractivity contribution in [3.63, 3.8) is 0 Å². The Morgan fingerprint density at radius 3 is 2.33 bits per heavy atom. The Balaban J connectivity index is 2.46. The summed E-state index contributed by atoms with van der Waals surface area (Å²) >= 11 is 0. The molecule has 0 bridgehead atoms. The molecule has 0 atom stereocenters. The number of rotatable bonds is 9. The zero-order valence-corrected chi connectivity index (χ0v) is 14.3. The molecule has 1 N–H and O–H groups in total. The average Bonchev–Trinajstić information content (AvgIpc) is 2.41. The van der Waals surface area contributed by atoms with E-state index in [1.807, 2.05) is 0 Å². The molecule has 0 amide bonds. The molecule has 1 heterocycles. The molecule has 1 aromatic rings. The fraction of sp³-hybridized carbons (Fsp3) is 0.750. The predicted octanol–water partition coefficient (Wildman–Crippen LogP) is 2.47. The fourth-order valence-corrected chi connectivity index (χ4v) is 2.22. The molecule has 1 rings (SSSR count). The SMILES string of the molecule is CC(C)NCc1cncc(OCCN(C(C)C)C(C)C)n1. The summed E-state index contributed by atoms with van der Waals surface area (Å²) in [4.78, 5) is 11.1. The minimum atomic E-state index is 0.432. The van der Waals surface area contributed by atoms with Crippen LogP contribution < -0.4 is 10.1 Å². The van der Waals surface area contributed by atoms with Crippen LogP contribution in [0.25, 0.3) is 0 Å². The molecule has 0 saturated heterocycles. The summed E-state index contributed by atoms with van der Waals surface area (Å²) in [5.74, 6) is 0.602. The van der Waals surface area contributed by atoms with Crippen LogP contribution in [0.5, 0.6) is 5.88 Å². The lowest BCUT2D eigenvalue weighted by molar-refractivity contribution is 0.140. The van der Waals surface area contributed by atoms with Crippen LogP contribution in [0, 0.1) is 0 Å². The Kier molecular flexibility index (Phi) is 7.61. The lowest BCUT2D eigenvalue weighted by Crippen LogP contribution is -2.39. The first kappa shape index (κ1) is 17.9. The van der Waals surface area contributed by atoms with Gasteiger partial charge in [0.15, 0.2) is 0 Å². The first-order valence-electron chi connectivity index (χ1n) is 7.83. The molecule has 0 spiro atoms. The Bertz CT molecular complexity index is 399. The van der Waals surface area contributed by atoms with Gasteiger partial charge in [0.1, 0.15) is 6.61 Å². The molecule has 0 saturated carbocycles. The van der Waals surface area contributed by atoms with Crippen LogP contribution in [0.1, 0.15) is 47.2 Å². The van der Waals surface area contributed by atoms with E-state index in [-0.39, 0.29) is 0 Å². The summed E-state index contributed by atoms with van der Waals surface area (Å²) in [6.45, 7) is 15.3. The number of nitrogens with one attached hydrogen (secondary N) is 1. The predicted molar refractivity (Wildman–Crippen MR) is 86.5 cm³/mol. The quantitative estimate of drug-likeness (QED) is 0.758. The first-order valence-corrected chi connectivity index (χ1v) is 7.83. The maximum atomic E-state index is 5.74. The highest BCUT2D eigenvalue weighted by Crippen LogP contribution is 2.08. The zero-order chi connectivity index (χ0) is 15.8. The second-order valence-corrected chi connectivity index (χ2v) is 6.16. The van der Waals surface area contributed by atoms with Crippen LogP contribution in [0.3, 0.4) is 0 Å². The Labute approximate surface area is 129 Å². The maximum Gasteiger partial charge on any atom is 0.232 e. The van der Waals surface area contributed by atoms with E-state index >= 15 is 0 Å². The van der Waals surface area contributed by atoms with Gasteiger partial charge in [0.05, 0.1) is 11.9 Å². The van der Waals surface area contributed by atoms with Crippen LogP contribution in [-0.2, 0) is 6.54 Å². The highest BCUT2D eigenvalue weighted by Gasteiger charge is 2.13. The van der Waals surface area contributed by atoms with E-state index in [4.69, 9.17) is 4.74 Å². The van der Waals surface area contributed by atoms with Crippen molar-refractivity contribution in [1.82, 2.24) is 20.2 Å². The molecular formula is C16H30N4O. The minimum absolute atomic E-state index is 0.432. The van der Waals surface area contributed by atoms with Crippen LogP contribution in [0.2, 0.25) is 0 Å². The molecule has 0 fully saturated rings. The number of nitrogens with zero attached hydrogens (tertiary/aromatic N) is 3. The van der Waals surface area contributed by atoms with E-state index in [9.17, 15) is 0 Å². The van der Waals surface area contributed by atoms with Gasteiger partial charge >= 0.3 is 0 Å². The number of ether oxygens (including phenoxy) is 1. The van der Waals surface area contributed by atoms with Crippen molar-refractivity contribution < 1.29 is 4.74 Å².